The van der Waals surface area contributed by atoms with E-state index in [1.165, 1.54) is 12.8 Å². The molecule has 1 fully saturated rings. The average molecular weight is 287 g/mol. The fourth-order valence-electron chi connectivity index (χ4n) is 2.69. The number of carbonyl (C=O) groups is 1. The molecule has 0 aromatic heterocycles. The minimum Gasteiger partial charge on any atom is -0.353 e. The molecular formula is C15H27ClN2O. The lowest BCUT2D eigenvalue weighted by Gasteiger charge is -2.32. The van der Waals surface area contributed by atoms with Crippen LogP contribution in [0.1, 0.15) is 38.5 Å². The Bertz CT molecular complexity index is 284. The normalized spacial score (nSPS) is 22.4. The molecule has 0 aliphatic heterocycles. The molecule has 0 saturated heterocycles. The molecule has 0 heterocycles. The van der Waals surface area contributed by atoms with Crippen LogP contribution < -0.4 is 11.1 Å². The van der Waals surface area contributed by atoms with E-state index in [9.17, 15) is 4.79 Å². The van der Waals surface area contributed by atoms with Crippen molar-refractivity contribution < 1.29 is 4.79 Å². The first-order valence-corrected chi connectivity index (χ1v) is 6.95. The van der Waals surface area contributed by atoms with Crippen molar-refractivity contribution >= 4 is 18.3 Å². The van der Waals surface area contributed by atoms with Gasteiger partial charge in [-0.2, -0.15) is 0 Å². The van der Waals surface area contributed by atoms with E-state index in [2.05, 4.69) is 18.5 Å². The summed E-state index contributed by atoms with van der Waals surface area (Å²) in [5, 5.41) is 3.18. The molecule has 1 rings (SSSR count). The highest BCUT2D eigenvalue weighted by atomic mass is 35.5. The molecule has 0 bridgehead atoms. The molecule has 3 nitrogen and oxygen atoms in total. The van der Waals surface area contributed by atoms with Crippen molar-refractivity contribution in [1.29, 1.82) is 0 Å². The Morgan fingerprint density at radius 2 is 1.84 bits per heavy atom. The van der Waals surface area contributed by atoms with E-state index >= 15 is 0 Å². The van der Waals surface area contributed by atoms with E-state index < -0.39 is 0 Å². The molecule has 3 N–H and O–H groups in total. The van der Waals surface area contributed by atoms with E-state index in [0.717, 1.165) is 12.8 Å². The van der Waals surface area contributed by atoms with Gasteiger partial charge in [0.2, 0.25) is 5.91 Å². The lowest BCUT2D eigenvalue weighted by Crippen LogP contribution is -2.46. The summed E-state index contributed by atoms with van der Waals surface area (Å²) >= 11 is 0. The van der Waals surface area contributed by atoms with Crippen LogP contribution in [-0.4, -0.2) is 18.5 Å². The maximum atomic E-state index is 12.2. The molecule has 1 amide bonds. The van der Waals surface area contributed by atoms with E-state index in [-0.39, 0.29) is 30.3 Å². The van der Waals surface area contributed by atoms with Crippen LogP contribution in [0.4, 0.5) is 0 Å². The number of halogens is 1. The smallest absolute Gasteiger partial charge is 0.223 e. The molecule has 2 unspecified atom stereocenters. The fourth-order valence-corrected chi connectivity index (χ4v) is 2.69. The second kappa shape index (κ2) is 10.0. The van der Waals surface area contributed by atoms with Gasteiger partial charge in [-0.15, -0.1) is 25.6 Å². The predicted molar refractivity (Wildman–Crippen MR) is 83.3 cm³/mol. The topological polar surface area (TPSA) is 55.1 Å². The van der Waals surface area contributed by atoms with Gasteiger partial charge in [0.25, 0.3) is 0 Å². The van der Waals surface area contributed by atoms with Gasteiger partial charge >= 0.3 is 0 Å². The van der Waals surface area contributed by atoms with Crippen LogP contribution in [0.15, 0.2) is 25.3 Å². The van der Waals surface area contributed by atoms with E-state index in [1.54, 1.807) is 12.2 Å². The molecule has 2 atom stereocenters. The van der Waals surface area contributed by atoms with Crippen molar-refractivity contribution in [2.45, 2.75) is 44.6 Å². The predicted octanol–water partition coefficient (Wildman–Crippen LogP) is 2.81. The maximum absolute atomic E-state index is 12.2. The summed E-state index contributed by atoms with van der Waals surface area (Å²) in [6.45, 7) is 8.08. The monoisotopic (exact) mass is 286 g/mol. The standard InChI is InChI=1S/C15H26N2O.ClH/c1-3-7-12(8-4-2)15(18)17-14-10-6-5-9-13(14)11-16;/h3-4,12-14H,1-2,5-11,16H2,(H,17,18);1H. The Kier molecular flexibility index (Phi) is 9.62. The summed E-state index contributed by atoms with van der Waals surface area (Å²) in [6, 6.07) is 0.258. The zero-order valence-corrected chi connectivity index (χ0v) is 12.5. The van der Waals surface area contributed by atoms with Crippen molar-refractivity contribution in [3.63, 3.8) is 0 Å². The van der Waals surface area contributed by atoms with Gasteiger partial charge in [0.05, 0.1) is 0 Å². The van der Waals surface area contributed by atoms with Crippen molar-refractivity contribution in [1.82, 2.24) is 5.32 Å². The summed E-state index contributed by atoms with van der Waals surface area (Å²) < 4.78 is 0. The minimum absolute atomic E-state index is 0. The molecule has 0 spiro atoms. The van der Waals surface area contributed by atoms with Crippen molar-refractivity contribution in [2.75, 3.05) is 6.54 Å². The van der Waals surface area contributed by atoms with Crippen LogP contribution in [0.5, 0.6) is 0 Å². The highest BCUT2D eigenvalue weighted by molar-refractivity contribution is 5.85. The van der Waals surface area contributed by atoms with Crippen LogP contribution in [0.3, 0.4) is 0 Å². The molecule has 110 valence electrons. The SMILES string of the molecule is C=CCC(CC=C)C(=O)NC1CCCCC1CN.Cl. The first-order valence-electron chi connectivity index (χ1n) is 6.95. The van der Waals surface area contributed by atoms with Crippen molar-refractivity contribution in [3.05, 3.63) is 25.3 Å². The third-order valence-electron chi connectivity index (χ3n) is 3.81. The number of hydrogen-bond donors (Lipinski definition) is 2. The molecule has 1 aliphatic carbocycles. The second-order valence-corrected chi connectivity index (χ2v) is 5.14. The van der Waals surface area contributed by atoms with Gasteiger partial charge in [-0.25, -0.2) is 0 Å². The first kappa shape index (κ1) is 18.2. The number of allylic oxidation sites excluding steroid dienone is 2. The van der Waals surface area contributed by atoms with Crippen molar-refractivity contribution in [3.8, 4) is 0 Å². The largest absolute Gasteiger partial charge is 0.353 e. The highest BCUT2D eigenvalue weighted by Crippen LogP contribution is 2.24. The average Bonchev–Trinajstić information content (AvgIpc) is 2.39. The van der Waals surface area contributed by atoms with Gasteiger partial charge in [0.1, 0.15) is 0 Å². The lowest BCUT2D eigenvalue weighted by atomic mass is 9.84. The van der Waals surface area contributed by atoms with E-state index in [0.29, 0.717) is 25.3 Å². The number of nitrogens with two attached hydrogens (primary N) is 1. The molecule has 0 radical (unpaired) electrons. The van der Waals surface area contributed by atoms with Gasteiger partial charge in [-0.05, 0) is 38.1 Å². The Hall–Kier alpha value is -0.800. The van der Waals surface area contributed by atoms with Crippen LogP contribution in [0.25, 0.3) is 0 Å². The quantitative estimate of drug-likeness (QED) is 0.707. The van der Waals surface area contributed by atoms with Crippen LogP contribution in [-0.2, 0) is 4.79 Å². The number of rotatable bonds is 7. The number of hydrogen-bond acceptors (Lipinski definition) is 2. The Balaban J connectivity index is 0.00000324. The highest BCUT2D eigenvalue weighted by Gasteiger charge is 2.27. The van der Waals surface area contributed by atoms with E-state index in [4.69, 9.17) is 5.73 Å². The van der Waals surface area contributed by atoms with Crippen LogP contribution in [0, 0.1) is 11.8 Å². The zero-order valence-electron chi connectivity index (χ0n) is 11.6. The van der Waals surface area contributed by atoms with E-state index in [1.807, 2.05) is 0 Å². The summed E-state index contributed by atoms with van der Waals surface area (Å²) in [4.78, 5) is 12.2. The van der Waals surface area contributed by atoms with Gasteiger partial charge in [0.15, 0.2) is 0 Å². The number of nitrogens with one attached hydrogen (secondary N) is 1. The molecule has 1 aliphatic rings. The first-order chi connectivity index (χ1) is 8.72. The number of carbonyl (C=O) groups excluding carboxylic acids is 1. The summed E-state index contributed by atoms with van der Waals surface area (Å²) in [7, 11) is 0. The Labute approximate surface area is 123 Å². The van der Waals surface area contributed by atoms with Gasteiger partial charge in [-0.1, -0.05) is 25.0 Å². The third kappa shape index (κ3) is 5.79. The minimum atomic E-state index is -0.0275. The molecule has 0 aromatic rings. The van der Waals surface area contributed by atoms with Gasteiger partial charge < -0.3 is 11.1 Å². The molecule has 0 aromatic carbocycles. The lowest BCUT2D eigenvalue weighted by molar-refractivity contribution is -0.126. The third-order valence-corrected chi connectivity index (χ3v) is 3.81. The maximum Gasteiger partial charge on any atom is 0.223 e. The summed E-state index contributed by atoms with van der Waals surface area (Å²) in [5.41, 5.74) is 5.78. The van der Waals surface area contributed by atoms with Crippen LogP contribution in [0.2, 0.25) is 0 Å². The summed E-state index contributed by atoms with van der Waals surface area (Å²) in [5.74, 6) is 0.538. The molecule has 19 heavy (non-hydrogen) atoms. The van der Waals surface area contributed by atoms with Gasteiger partial charge in [-0.3, -0.25) is 4.79 Å². The zero-order chi connectivity index (χ0) is 13.4. The Morgan fingerprint density at radius 1 is 1.26 bits per heavy atom. The Morgan fingerprint density at radius 3 is 2.37 bits per heavy atom. The fraction of sp³-hybridized carbons (Fsp3) is 0.667. The molecule has 4 heteroatoms. The van der Waals surface area contributed by atoms with Crippen molar-refractivity contribution in [2.24, 2.45) is 17.6 Å². The second-order valence-electron chi connectivity index (χ2n) is 5.14. The summed E-state index contributed by atoms with van der Waals surface area (Å²) in [6.07, 6.45) is 9.63. The van der Waals surface area contributed by atoms with Gasteiger partial charge in [0, 0.05) is 12.0 Å². The number of amides is 1. The van der Waals surface area contributed by atoms with Crippen LogP contribution >= 0.6 is 12.4 Å². The molecule has 1 saturated carbocycles. The molecular weight excluding hydrogens is 260 g/mol.